The third-order valence-electron chi connectivity index (χ3n) is 2.44. The summed E-state index contributed by atoms with van der Waals surface area (Å²) in [5.41, 5.74) is 1.75. The van der Waals surface area contributed by atoms with Crippen LogP contribution in [0.4, 0.5) is 10.5 Å². The van der Waals surface area contributed by atoms with E-state index in [0.717, 1.165) is 17.3 Å². The maximum absolute atomic E-state index is 11.5. The van der Waals surface area contributed by atoms with Crippen molar-refractivity contribution in [3.05, 3.63) is 29.8 Å². The molecule has 18 heavy (non-hydrogen) atoms. The van der Waals surface area contributed by atoms with Crippen molar-refractivity contribution in [3.8, 4) is 0 Å². The van der Waals surface area contributed by atoms with Crippen molar-refractivity contribution in [1.82, 2.24) is 0 Å². The molecule has 0 aliphatic rings. The third kappa shape index (κ3) is 6.07. The summed E-state index contributed by atoms with van der Waals surface area (Å²) in [7, 11) is -1.15. The topological polar surface area (TPSA) is 38.3 Å². The molecule has 0 aromatic heterocycles. The minimum atomic E-state index is -1.15. The Kier molecular flexibility index (Phi) is 5.69. The lowest BCUT2D eigenvalue weighted by Gasteiger charge is -2.15. The Balaban J connectivity index is 2.35. The van der Waals surface area contributed by atoms with Crippen LogP contribution in [0.25, 0.3) is 0 Å². The average molecular weight is 286 g/mol. The predicted octanol–water partition coefficient (Wildman–Crippen LogP) is 4.31. The summed E-state index contributed by atoms with van der Waals surface area (Å²) in [6.45, 7) is 7.23. The summed E-state index contributed by atoms with van der Waals surface area (Å²) in [6, 6.07) is 8.37. The van der Waals surface area contributed by atoms with Crippen LogP contribution in [-0.4, -0.2) is 20.8 Å². The Morgan fingerprint density at radius 2 is 1.89 bits per heavy atom. The van der Waals surface area contributed by atoms with Crippen molar-refractivity contribution in [2.75, 3.05) is 11.9 Å². The number of hydrogen-bond donors (Lipinski definition) is 1. The van der Waals surface area contributed by atoms with Gasteiger partial charge in [-0.25, -0.2) is 4.79 Å². The Labute approximate surface area is 114 Å². The quantitative estimate of drug-likeness (QED) is 0.646. The highest BCUT2D eigenvalue weighted by molar-refractivity contribution is 6.76. The predicted molar refractivity (Wildman–Crippen MR) is 79.1 cm³/mol. The lowest BCUT2D eigenvalue weighted by Crippen LogP contribution is -2.24. The van der Waals surface area contributed by atoms with Gasteiger partial charge >= 0.3 is 6.09 Å². The van der Waals surface area contributed by atoms with Crippen molar-refractivity contribution < 1.29 is 9.53 Å². The summed E-state index contributed by atoms with van der Waals surface area (Å²) in [4.78, 5) is 11.5. The molecular weight excluding hydrogens is 266 g/mol. The van der Waals surface area contributed by atoms with E-state index in [9.17, 15) is 4.79 Å². The van der Waals surface area contributed by atoms with Crippen LogP contribution in [0, 0.1) is 0 Å². The van der Waals surface area contributed by atoms with Crippen LogP contribution < -0.4 is 5.32 Å². The normalized spacial score (nSPS) is 11.1. The minimum absolute atomic E-state index is 0.396. The van der Waals surface area contributed by atoms with Crippen LogP contribution in [-0.2, 0) is 10.6 Å². The van der Waals surface area contributed by atoms with Gasteiger partial charge in [-0.1, -0.05) is 31.8 Å². The average Bonchev–Trinajstić information content (AvgIpc) is 2.28. The SMILES string of the molecule is C[Si](C)(C)CCOC(=O)Nc1ccc(CCl)cc1. The second kappa shape index (κ2) is 6.80. The van der Waals surface area contributed by atoms with E-state index in [4.69, 9.17) is 16.3 Å². The fraction of sp³-hybridized carbons (Fsp3) is 0.462. The molecule has 100 valence electrons. The number of amides is 1. The Bertz CT molecular complexity index is 387. The Hall–Kier alpha value is -1.00. The van der Waals surface area contributed by atoms with Gasteiger partial charge in [0.15, 0.2) is 0 Å². The largest absolute Gasteiger partial charge is 0.450 e. The Morgan fingerprint density at radius 1 is 1.28 bits per heavy atom. The molecule has 0 heterocycles. The van der Waals surface area contributed by atoms with Gasteiger partial charge in [0.05, 0.1) is 6.61 Å². The summed E-state index contributed by atoms with van der Waals surface area (Å²) >= 11 is 5.69. The minimum Gasteiger partial charge on any atom is -0.450 e. The number of rotatable bonds is 5. The molecule has 0 aliphatic heterocycles. The van der Waals surface area contributed by atoms with Gasteiger partial charge in [0, 0.05) is 19.6 Å². The molecule has 1 rings (SSSR count). The standard InChI is InChI=1S/C13H20ClNO2Si/c1-18(2,3)9-8-17-13(16)15-12-6-4-11(10-14)5-7-12/h4-7H,8-10H2,1-3H3,(H,15,16). The van der Waals surface area contributed by atoms with Gasteiger partial charge in [0.2, 0.25) is 0 Å². The fourth-order valence-corrected chi connectivity index (χ4v) is 2.17. The van der Waals surface area contributed by atoms with Crippen LogP contribution in [0.15, 0.2) is 24.3 Å². The van der Waals surface area contributed by atoms with Gasteiger partial charge in [-0.15, -0.1) is 11.6 Å². The molecule has 1 N–H and O–H groups in total. The van der Waals surface area contributed by atoms with Crippen molar-refractivity contribution in [2.24, 2.45) is 0 Å². The molecule has 0 fully saturated rings. The third-order valence-corrected chi connectivity index (χ3v) is 4.45. The monoisotopic (exact) mass is 285 g/mol. The first-order valence-electron chi connectivity index (χ1n) is 5.99. The molecule has 0 aliphatic carbocycles. The van der Waals surface area contributed by atoms with Gasteiger partial charge in [0.1, 0.15) is 0 Å². The summed E-state index contributed by atoms with van der Waals surface area (Å²) < 4.78 is 5.14. The number of benzene rings is 1. The first kappa shape index (κ1) is 15.1. The molecule has 0 spiro atoms. The van der Waals surface area contributed by atoms with Crippen LogP contribution >= 0.6 is 11.6 Å². The number of halogens is 1. The maximum Gasteiger partial charge on any atom is 0.411 e. The second-order valence-electron chi connectivity index (χ2n) is 5.40. The summed E-state index contributed by atoms with van der Waals surface area (Å²) in [6.07, 6.45) is -0.396. The summed E-state index contributed by atoms with van der Waals surface area (Å²) in [5.74, 6) is 0.473. The number of hydrogen-bond acceptors (Lipinski definition) is 2. The van der Waals surface area contributed by atoms with E-state index >= 15 is 0 Å². The number of anilines is 1. The lowest BCUT2D eigenvalue weighted by molar-refractivity contribution is 0.167. The molecule has 1 amide bonds. The highest BCUT2D eigenvalue weighted by atomic mass is 35.5. The highest BCUT2D eigenvalue weighted by Gasteiger charge is 2.13. The number of carbonyl (C=O) groups excluding carboxylic acids is 1. The van der Waals surface area contributed by atoms with Crippen molar-refractivity contribution in [2.45, 2.75) is 31.6 Å². The van der Waals surface area contributed by atoms with Gasteiger partial charge in [-0.2, -0.15) is 0 Å². The lowest BCUT2D eigenvalue weighted by atomic mass is 10.2. The number of ether oxygens (including phenoxy) is 1. The van der Waals surface area contributed by atoms with Gasteiger partial charge in [-0.05, 0) is 23.7 Å². The number of alkyl halides is 1. The molecule has 1 aromatic carbocycles. The van der Waals surface area contributed by atoms with Crippen molar-refractivity contribution in [1.29, 1.82) is 0 Å². The van der Waals surface area contributed by atoms with Gasteiger partial charge in [0.25, 0.3) is 0 Å². The van der Waals surface area contributed by atoms with Crippen LogP contribution in [0.5, 0.6) is 0 Å². The number of carbonyl (C=O) groups is 1. The molecule has 0 atom stereocenters. The molecule has 0 unspecified atom stereocenters. The van der Waals surface area contributed by atoms with Crippen molar-refractivity contribution >= 4 is 31.5 Å². The van der Waals surface area contributed by atoms with E-state index in [2.05, 4.69) is 25.0 Å². The fourth-order valence-electron chi connectivity index (χ4n) is 1.28. The molecule has 0 saturated carbocycles. The van der Waals surface area contributed by atoms with Gasteiger partial charge < -0.3 is 4.74 Å². The van der Waals surface area contributed by atoms with E-state index in [1.54, 1.807) is 0 Å². The first-order valence-corrected chi connectivity index (χ1v) is 10.2. The molecule has 0 saturated heterocycles. The van der Waals surface area contributed by atoms with E-state index in [1.807, 2.05) is 24.3 Å². The van der Waals surface area contributed by atoms with E-state index < -0.39 is 14.2 Å². The van der Waals surface area contributed by atoms with E-state index in [-0.39, 0.29) is 0 Å². The second-order valence-corrected chi connectivity index (χ2v) is 11.3. The first-order chi connectivity index (χ1) is 8.40. The zero-order chi connectivity index (χ0) is 13.6. The highest BCUT2D eigenvalue weighted by Crippen LogP contribution is 2.12. The van der Waals surface area contributed by atoms with Crippen LogP contribution in [0.3, 0.4) is 0 Å². The van der Waals surface area contributed by atoms with Crippen molar-refractivity contribution in [3.63, 3.8) is 0 Å². The number of nitrogens with one attached hydrogen (secondary N) is 1. The zero-order valence-corrected chi connectivity index (χ0v) is 12.9. The van der Waals surface area contributed by atoms with Crippen LogP contribution in [0.2, 0.25) is 25.7 Å². The Morgan fingerprint density at radius 3 is 2.39 bits per heavy atom. The smallest absolute Gasteiger partial charge is 0.411 e. The zero-order valence-electron chi connectivity index (χ0n) is 11.1. The molecule has 0 radical (unpaired) electrons. The molecule has 1 aromatic rings. The van der Waals surface area contributed by atoms with E-state index in [0.29, 0.717) is 12.5 Å². The molecule has 3 nitrogen and oxygen atoms in total. The molecular formula is C13H20ClNO2Si. The van der Waals surface area contributed by atoms with Gasteiger partial charge in [-0.3, -0.25) is 5.32 Å². The molecule has 0 bridgehead atoms. The molecule has 5 heteroatoms. The van der Waals surface area contributed by atoms with Crippen LogP contribution in [0.1, 0.15) is 5.56 Å². The maximum atomic E-state index is 11.5. The van der Waals surface area contributed by atoms with E-state index in [1.165, 1.54) is 0 Å². The summed E-state index contributed by atoms with van der Waals surface area (Å²) in [5, 5.41) is 2.69.